The van der Waals surface area contributed by atoms with E-state index in [0.29, 0.717) is 11.1 Å². The van der Waals surface area contributed by atoms with E-state index in [-0.39, 0.29) is 30.3 Å². The Hall–Kier alpha value is -3.60. The van der Waals surface area contributed by atoms with Gasteiger partial charge in [-0.2, -0.15) is 5.26 Å². The van der Waals surface area contributed by atoms with Gasteiger partial charge in [0.15, 0.2) is 11.5 Å². The molecule has 0 aliphatic carbocycles. The fourth-order valence-electron chi connectivity index (χ4n) is 2.27. The first-order valence-corrected chi connectivity index (χ1v) is 7.66. The molecule has 2 rings (SSSR count). The van der Waals surface area contributed by atoms with Gasteiger partial charge >= 0.3 is 5.97 Å². The predicted molar refractivity (Wildman–Crippen MR) is 91.1 cm³/mol. The molecule has 0 bridgehead atoms. The first kappa shape index (κ1) is 18.7. The van der Waals surface area contributed by atoms with Crippen LogP contribution in [0, 0.1) is 21.4 Å². The second-order valence-electron chi connectivity index (χ2n) is 5.06. The summed E-state index contributed by atoms with van der Waals surface area (Å²) in [6, 6.07) is 10.9. The molecule has 26 heavy (non-hydrogen) atoms. The zero-order valence-electron chi connectivity index (χ0n) is 14.2. The van der Waals surface area contributed by atoms with Gasteiger partial charge in [-0.1, -0.05) is 18.2 Å². The van der Waals surface area contributed by atoms with Gasteiger partial charge in [0.25, 0.3) is 5.69 Å². The second-order valence-corrected chi connectivity index (χ2v) is 5.06. The van der Waals surface area contributed by atoms with Crippen molar-refractivity contribution in [3.8, 4) is 17.6 Å². The minimum atomic E-state index is -0.897. The fraction of sp³-hybridized carbons (Fsp3) is 0.222. The zero-order valence-corrected chi connectivity index (χ0v) is 14.2. The van der Waals surface area contributed by atoms with Crippen molar-refractivity contribution in [3.05, 3.63) is 63.2 Å². The summed E-state index contributed by atoms with van der Waals surface area (Å²) in [5.41, 5.74) is 0.153. The molecule has 0 atom stereocenters. The average Bonchev–Trinajstić information content (AvgIpc) is 2.66. The number of nitrogens with zero attached hydrogens (tertiary/aromatic N) is 2. The molecule has 2 aromatic rings. The van der Waals surface area contributed by atoms with Crippen LogP contribution in [0.2, 0.25) is 0 Å². The highest BCUT2D eigenvalue weighted by atomic mass is 16.6. The highest BCUT2D eigenvalue weighted by Gasteiger charge is 2.26. The summed E-state index contributed by atoms with van der Waals surface area (Å²) in [6.07, 6.45) is 0. The molecule has 0 saturated heterocycles. The molecule has 0 aromatic heterocycles. The summed E-state index contributed by atoms with van der Waals surface area (Å²) in [6.45, 7) is 1.82. The second kappa shape index (κ2) is 8.48. The summed E-state index contributed by atoms with van der Waals surface area (Å²) in [4.78, 5) is 23.0. The van der Waals surface area contributed by atoms with Crippen LogP contribution in [-0.4, -0.2) is 24.6 Å². The number of nitriles is 1. The van der Waals surface area contributed by atoms with Crippen LogP contribution in [0.3, 0.4) is 0 Å². The Bertz CT molecular complexity index is 872. The third-order valence-corrected chi connectivity index (χ3v) is 3.49. The molecular formula is C18H16N2O6. The van der Waals surface area contributed by atoms with E-state index >= 15 is 0 Å². The quantitative estimate of drug-likeness (QED) is 0.425. The molecule has 0 aliphatic heterocycles. The minimum absolute atomic E-state index is 0.160. The number of nitro groups is 1. The predicted octanol–water partition coefficient (Wildman–Crippen LogP) is 3.23. The molecule has 0 fully saturated rings. The summed E-state index contributed by atoms with van der Waals surface area (Å²) < 4.78 is 15.6. The standard InChI is InChI=1S/C18H16N2O6/c1-3-25-17-9-15(20(22)23)14(8-16(17)24-2)18(21)26-11-13-7-5-4-6-12(13)10-19/h4-9H,3,11H2,1-2H3. The normalized spacial score (nSPS) is 9.88. The van der Waals surface area contributed by atoms with Gasteiger partial charge in [-0.25, -0.2) is 4.79 Å². The Labute approximate surface area is 149 Å². The van der Waals surface area contributed by atoms with Crippen molar-refractivity contribution in [2.75, 3.05) is 13.7 Å². The molecule has 0 heterocycles. The molecule has 0 amide bonds. The van der Waals surface area contributed by atoms with Crippen molar-refractivity contribution in [2.24, 2.45) is 0 Å². The molecular weight excluding hydrogens is 340 g/mol. The first-order chi connectivity index (χ1) is 12.5. The van der Waals surface area contributed by atoms with Crippen LogP contribution in [0.4, 0.5) is 5.69 Å². The largest absolute Gasteiger partial charge is 0.493 e. The molecule has 0 spiro atoms. The fourth-order valence-corrected chi connectivity index (χ4v) is 2.27. The lowest BCUT2D eigenvalue weighted by atomic mass is 10.1. The van der Waals surface area contributed by atoms with E-state index in [1.165, 1.54) is 13.2 Å². The van der Waals surface area contributed by atoms with Crippen molar-refractivity contribution >= 4 is 11.7 Å². The number of hydrogen-bond acceptors (Lipinski definition) is 7. The number of methoxy groups -OCH3 is 1. The molecule has 8 heteroatoms. The average molecular weight is 356 g/mol. The summed E-state index contributed by atoms with van der Waals surface area (Å²) >= 11 is 0. The third kappa shape index (κ3) is 4.08. The van der Waals surface area contributed by atoms with Gasteiger partial charge in [-0.05, 0) is 13.0 Å². The smallest absolute Gasteiger partial charge is 0.345 e. The highest BCUT2D eigenvalue weighted by Crippen LogP contribution is 2.35. The van der Waals surface area contributed by atoms with Gasteiger partial charge in [0.05, 0.1) is 36.3 Å². The monoisotopic (exact) mass is 356 g/mol. The van der Waals surface area contributed by atoms with Crippen molar-refractivity contribution in [1.82, 2.24) is 0 Å². The molecule has 134 valence electrons. The molecule has 0 saturated carbocycles. The van der Waals surface area contributed by atoms with Gasteiger partial charge in [0, 0.05) is 11.6 Å². The Morgan fingerprint density at radius 2 is 2.00 bits per heavy atom. The van der Waals surface area contributed by atoms with Crippen LogP contribution in [0.1, 0.15) is 28.4 Å². The lowest BCUT2D eigenvalue weighted by molar-refractivity contribution is -0.385. The van der Waals surface area contributed by atoms with E-state index in [2.05, 4.69) is 0 Å². The van der Waals surface area contributed by atoms with E-state index in [9.17, 15) is 14.9 Å². The first-order valence-electron chi connectivity index (χ1n) is 7.66. The summed E-state index contributed by atoms with van der Waals surface area (Å²) in [7, 11) is 1.36. The number of esters is 1. The van der Waals surface area contributed by atoms with E-state index in [1.54, 1.807) is 31.2 Å². The van der Waals surface area contributed by atoms with Crippen LogP contribution in [0.25, 0.3) is 0 Å². The molecule has 0 N–H and O–H groups in total. The lowest BCUT2D eigenvalue weighted by Crippen LogP contribution is -2.10. The van der Waals surface area contributed by atoms with Crippen molar-refractivity contribution in [1.29, 1.82) is 5.26 Å². The van der Waals surface area contributed by atoms with Gasteiger partial charge < -0.3 is 14.2 Å². The van der Waals surface area contributed by atoms with E-state index in [1.807, 2.05) is 6.07 Å². The number of nitro benzene ring substituents is 1. The van der Waals surface area contributed by atoms with Crippen molar-refractivity contribution in [2.45, 2.75) is 13.5 Å². The maximum absolute atomic E-state index is 12.4. The van der Waals surface area contributed by atoms with Gasteiger partial charge in [0.1, 0.15) is 12.2 Å². The maximum atomic E-state index is 12.4. The molecule has 0 aliphatic rings. The lowest BCUT2D eigenvalue weighted by Gasteiger charge is -2.12. The molecule has 0 unspecified atom stereocenters. The third-order valence-electron chi connectivity index (χ3n) is 3.49. The Morgan fingerprint density at radius 1 is 1.27 bits per heavy atom. The number of carbonyl (C=O) groups excluding carboxylic acids is 1. The van der Waals surface area contributed by atoms with Gasteiger partial charge in [-0.15, -0.1) is 0 Å². The number of ether oxygens (including phenoxy) is 3. The summed E-state index contributed by atoms with van der Waals surface area (Å²) in [5, 5.41) is 20.4. The summed E-state index contributed by atoms with van der Waals surface area (Å²) in [5.74, 6) is -0.555. The Morgan fingerprint density at radius 3 is 2.62 bits per heavy atom. The topological polar surface area (TPSA) is 112 Å². The number of benzene rings is 2. The van der Waals surface area contributed by atoms with Gasteiger partial charge in [-0.3, -0.25) is 10.1 Å². The van der Waals surface area contributed by atoms with Gasteiger partial charge in [0.2, 0.25) is 0 Å². The Kier molecular flexibility index (Phi) is 6.11. The highest BCUT2D eigenvalue weighted by molar-refractivity contribution is 5.95. The van der Waals surface area contributed by atoms with Crippen LogP contribution in [0.5, 0.6) is 11.5 Å². The molecule has 0 radical (unpaired) electrons. The van der Waals surface area contributed by atoms with E-state index < -0.39 is 16.6 Å². The van der Waals surface area contributed by atoms with Crippen LogP contribution in [-0.2, 0) is 11.3 Å². The van der Waals surface area contributed by atoms with Crippen LogP contribution >= 0.6 is 0 Å². The SMILES string of the molecule is CCOc1cc([N+](=O)[O-])c(C(=O)OCc2ccccc2C#N)cc1OC. The van der Waals surface area contributed by atoms with Crippen LogP contribution < -0.4 is 9.47 Å². The van der Waals surface area contributed by atoms with E-state index in [4.69, 9.17) is 19.5 Å². The minimum Gasteiger partial charge on any atom is -0.493 e. The molecule has 2 aromatic carbocycles. The number of carbonyl (C=O) groups is 1. The maximum Gasteiger partial charge on any atom is 0.345 e. The Balaban J connectivity index is 2.32. The number of hydrogen-bond donors (Lipinski definition) is 0. The van der Waals surface area contributed by atoms with Crippen molar-refractivity contribution in [3.63, 3.8) is 0 Å². The number of rotatable bonds is 7. The van der Waals surface area contributed by atoms with Crippen molar-refractivity contribution < 1.29 is 23.9 Å². The zero-order chi connectivity index (χ0) is 19.1. The van der Waals surface area contributed by atoms with E-state index in [0.717, 1.165) is 6.07 Å². The van der Waals surface area contributed by atoms with Crippen LogP contribution in [0.15, 0.2) is 36.4 Å². The molecule has 8 nitrogen and oxygen atoms in total.